The zero-order valence-corrected chi connectivity index (χ0v) is 18.1. The van der Waals surface area contributed by atoms with Gasteiger partial charge in [-0.2, -0.15) is 4.31 Å². The van der Waals surface area contributed by atoms with Crippen LogP contribution in [0.1, 0.15) is 24.2 Å². The first-order valence-electron chi connectivity index (χ1n) is 9.65. The maximum absolute atomic E-state index is 13.2. The number of thioether (sulfide) groups is 1. The number of morpholine rings is 1. The van der Waals surface area contributed by atoms with Gasteiger partial charge in [0.1, 0.15) is 0 Å². The molecule has 2 unspecified atom stereocenters. The average Bonchev–Trinajstić information content (AvgIpc) is 2.72. The number of anilines is 1. The van der Waals surface area contributed by atoms with Gasteiger partial charge in [-0.05, 0) is 44.2 Å². The molecule has 2 aromatic carbocycles. The second-order valence-electron chi connectivity index (χ2n) is 7.38. The molecule has 2 atom stereocenters. The van der Waals surface area contributed by atoms with Crippen molar-refractivity contribution in [3.8, 4) is 0 Å². The summed E-state index contributed by atoms with van der Waals surface area (Å²) in [6, 6.07) is 14.2. The summed E-state index contributed by atoms with van der Waals surface area (Å²) in [5, 5.41) is 0. The SMILES string of the molecule is CC1CN(S(=O)(=O)c2cccc(C(=O)N3CCSc4ccccc43)c2)CC(C)O1. The van der Waals surface area contributed by atoms with Crippen LogP contribution in [0.4, 0.5) is 5.69 Å². The summed E-state index contributed by atoms with van der Waals surface area (Å²) in [5.41, 5.74) is 1.25. The summed E-state index contributed by atoms with van der Waals surface area (Å²) < 4.78 is 33.4. The number of fused-ring (bicyclic) bond motifs is 1. The van der Waals surface area contributed by atoms with Crippen LogP contribution in [0, 0.1) is 0 Å². The highest BCUT2D eigenvalue weighted by molar-refractivity contribution is 7.99. The lowest BCUT2D eigenvalue weighted by molar-refractivity contribution is -0.0440. The van der Waals surface area contributed by atoms with Crippen molar-refractivity contribution in [1.82, 2.24) is 4.31 Å². The number of para-hydroxylation sites is 1. The topological polar surface area (TPSA) is 66.9 Å². The van der Waals surface area contributed by atoms with E-state index in [-0.39, 0.29) is 23.0 Å². The van der Waals surface area contributed by atoms with Crippen molar-refractivity contribution in [3.63, 3.8) is 0 Å². The molecular formula is C21H24N2O4S2. The Hall–Kier alpha value is -1.87. The molecule has 0 aromatic heterocycles. The maximum Gasteiger partial charge on any atom is 0.258 e. The van der Waals surface area contributed by atoms with E-state index in [1.165, 1.54) is 10.4 Å². The molecule has 0 N–H and O–H groups in total. The van der Waals surface area contributed by atoms with Crippen LogP contribution >= 0.6 is 11.8 Å². The van der Waals surface area contributed by atoms with E-state index in [1.807, 2.05) is 38.1 Å². The zero-order chi connectivity index (χ0) is 20.6. The molecule has 0 spiro atoms. The van der Waals surface area contributed by atoms with Gasteiger partial charge in [-0.3, -0.25) is 4.79 Å². The Bertz CT molecular complexity index is 1010. The molecule has 6 nitrogen and oxygen atoms in total. The highest BCUT2D eigenvalue weighted by atomic mass is 32.2. The fourth-order valence-electron chi connectivity index (χ4n) is 3.80. The minimum absolute atomic E-state index is 0.143. The molecule has 1 saturated heterocycles. The molecule has 8 heteroatoms. The summed E-state index contributed by atoms with van der Waals surface area (Å²) in [7, 11) is -3.70. The van der Waals surface area contributed by atoms with Gasteiger partial charge in [0.25, 0.3) is 5.91 Å². The number of carbonyl (C=O) groups is 1. The first-order valence-corrected chi connectivity index (χ1v) is 12.1. The Morgan fingerprint density at radius 2 is 1.79 bits per heavy atom. The minimum atomic E-state index is -3.70. The molecule has 154 valence electrons. The molecule has 0 bridgehead atoms. The smallest absolute Gasteiger partial charge is 0.258 e. The standard InChI is InChI=1S/C21H24N2O4S2/c1-15-13-22(14-16(2)27-15)29(25,26)18-7-5-6-17(12-18)21(24)23-10-11-28-20-9-4-3-8-19(20)23/h3-9,12,15-16H,10-11,13-14H2,1-2H3. The Kier molecular flexibility index (Phi) is 5.70. The van der Waals surface area contributed by atoms with Gasteiger partial charge in [-0.15, -0.1) is 11.8 Å². The van der Waals surface area contributed by atoms with Crippen molar-refractivity contribution in [2.24, 2.45) is 0 Å². The Morgan fingerprint density at radius 1 is 1.07 bits per heavy atom. The molecule has 0 saturated carbocycles. The fourth-order valence-corrected chi connectivity index (χ4v) is 6.43. The number of carbonyl (C=O) groups excluding carboxylic acids is 1. The van der Waals surface area contributed by atoms with Crippen LogP contribution in [0.5, 0.6) is 0 Å². The van der Waals surface area contributed by atoms with Crippen LogP contribution in [0.15, 0.2) is 58.3 Å². The molecule has 2 aromatic rings. The number of benzene rings is 2. The van der Waals surface area contributed by atoms with E-state index in [9.17, 15) is 13.2 Å². The zero-order valence-electron chi connectivity index (χ0n) is 16.4. The van der Waals surface area contributed by atoms with E-state index in [0.29, 0.717) is 25.2 Å². The number of hydrogen-bond acceptors (Lipinski definition) is 5. The second kappa shape index (κ2) is 8.10. The van der Waals surface area contributed by atoms with Gasteiger partial charge in [0.2, 0.25) is 10.0 Å². The Morgan fingerprint density at radius 3 is 2.55 bits per heavy atom. The third-order valence-electron chi connectivity index (χ3n) is 5.08. The van der Waals surface area contributed by atoms with Gasteiger partial charge in [-0.25, -0.2) is 8.42 Å². The van der Waals surface area contributed by atoms with Crippen LogP contribution in [0.3, 0.4) is 0 Å². The average molecular weight is 433 g/mol. The summed E-state index contributed by atoms with van der Waals surface area (Å²) in [6.45, 7) is 4.94. The predicted molar refractivity (Wildman–Crippen MR) is 114 cm³/mol. The third-order valence-corrected chi connectivity index (χ3v) is 7.95. The Balaban J connectivity index is 1.63. The van der Waals surface area contributed by atoms with Crippen molar-refractivity contribution in [3.05, 3.63) is 54.1 Å². The molecule has 1 fully saturated rings. The van der Waals surface area contributed by atoms with Crippen LogP contribution in [0.25, 0.3) is 0 Å². The number of sulfonamides is 1. The molecule has 4 rings (SSSR count). The summed E-state index contributed by atoms with van der Waals surface area (Å²) >= 11 is 1.72. The Labute approximate surface area is 175 Å². The molecule has 2 aliphatic heterocycles. The van der Waals surface area contributed by atoms with Gasteiger partial charge in [0.05, 0.1) is 22.8 Å². The van der Waals surface area contributed by atoms with Crippen molar-refractivity contribution in [2.45, 2.75) is 35.8 Å². The summed E-state index contributed by atoms with van der Waals surface area (Å²) in [4.78, 5) is 16.1. The summed E-state index contributed by atoms with van der Waals surface area (Å²) in [6.07, 6.45) is -0.332. The van der Waals surface area contributed by atoms with E-state index < -0.39 is 10.0 Å². The van der Waals surface area contributed by atoms with Crippen LogP contribution in [0.2, 0.25) is 0 Å². The molecule has 0 radical (unpaired) electrons. The van der Waals surface area contributed by atoms with Crippen LogP contribution in [-0.2, 0) is 14.8 Å². The molecule has 1 amide bonds. The lowest BCUT2D eigenvalue weighted by Crippen LogP contribution is -2.48. The molecule has 2 aliphatic rings. The van der Waals surface area contributed by atoms with Gasteiger partial charge in [0, 0.05) is 35.8 Å². The minimum Gasteiger partial charge on any atom is -0.373 e. The number of ether oxygens (including phenoxy) is 1. The number of amides is 1. The van der Waals surface area contributed by atoms with Crippen molar-refractivity contribution in [2.75, 3.05) is 30.3 Å². The highest BCUT2D eigenvalue weighted by Gasteiger charge is 2.33. The maximum atomic E-state index is 13.2. The molecule has 0 aliphatic carbocycles. The lowest BCUT2D eigenvalue weighted by Gasteiger charge is -2.34. The fraction of sp³-hybridized carbons (Fsp3) is 0.381. The van der Waals surface area contributed by atoms with Gasteiger partial charge in [-0.1, -0.05) is 18.2 Å². The summed E-state index contributed by atoms with van der Waals surface area (Å²) in [5.74, 6) is 0.628. The number of rotatable bonds is 3. The monoisotopic (exact) mass is 432 g/mol. The molecule has 2 heterocycles. The van der Waals surface area contributed by atoms with E-state index in [4.69, 9.17) is 4.74 Å². The van der Waals surface area contributed by atoms with E-state index in [1.54, 1.807) is 34.9 Å². The van der Waals surface area contributed by atoms with Gasteiger partial charge < -0.3 is 9.64 Å². The van der Waals surface area contributed by atoms with E-state index >= 15 is 0 Å². The first-order chi connectivity index (χ1) is 13.9. The first kappa shape index (κ1) is 20.4. The predicted octanol–water partition coefficient (Wildman–Crippen LogP) is 3.24. The van der Waals surface area contributed by atoms with Crippen molar-refractivity contribution >= 4 is 33.4 Å². The van der Waals surface area contributed by atoms with Gasteiger partial charge >= 0.3 is 0 Å². The van der Waals surface area contributed by atoms with Gasteiger partial charge in [0.15, 0.2) is 0 Å². The van der Waals surface area contributed by atoms with Crippen molar-refractivity contribution in [1.29, 1.82) is 0 Å². The quantitative estimate of drug-likeness (QED) is 0.745. The largest absolute Gasteiger partial charge is 0.373 e. The molecule has 29 heavy (non-hydrogen) atoms. The molecular weight excluding hydrogens is 408 g/mol. The third kappa shape index (κ3) is 4.07. The number of nitrogens with zero attached hydrogens (tertiary/aromatic N) is 2. The van der Waals surface area contributed by atoms with Crippen LogP contribution in [-0.4, -0.2) is 56.2 Å². The lowest BCUT2D eigenvalue weighted by atomic mass is 10.1. The second-order valence-corrected chi connectivity index (χ2v) is 10.5. The number of hydrogen-bond donors (Lipinski definition) is 0. The van der Waals surface area contributed by atoms with E-state index in [2.05, 4.69) is 0 Å². The van der Waals surface area contributed by atoms with E-state index in [0.717, 1.165) is 16.3 Å². The highest BCUT2D eigenvalue weighted by Crippen LogP contribution is 2.35. The normalized spacial score (nSPS) is 22.9. The van der Waals surface area contributed by atoms with Crippen LogP contribution < -0.4 is 4.90 Å². The van der Waals surface area contributed by atoms with Crippen molar-refractivity contribution < 1.29 is 17.9 Å².